The van der Waals surface area contributed by atoms with Crippen molar-refractivity contribution in [3.05, 3.63) is 28.8 Å². The number of aliphatic carboxylic acids is 1. The minimum Gasteiger partial charge on any atom is -0.481 e. The van der Waals surface area contributed by atoms with E-state index in [1.54, 1.807) is 0 Å². The molecule has 0 radical (unpaired) electrons. The number of thiazole rings is 1. The van der Waals surface area contributed by atoms with Crippen LogP contribution in [0.1, 0.15) is 17.0 Å². The summed E-state index contributed by atoms with van der Waals surface area (Å²) in [4.78, 5) is 16.0. The molecule has 3 rings (SSSR count). The molecular formula is C14H14N2O4S. The molecule has 7 heteroatoms. The fourth-order valence-corrected chi connectivity index (χ4v) is 3.01. The maximum Gasteiger partial charge on any atom is 0.303 e. The first-order valence-corrected chi connectivity index (χ1v) is 7.28. The lowest BCUT2D eigenvalue weighted by Crippen LogP contribution is -1.96. The van der Waals surface area contributed by atoms with Gasteiger partial charge in [0.05, 0.1) is 12.1 Å². The number of carbonyl (C=O) groups is 1. The first-order chi connectivity index (χ1) is 10.1. The fraction of sp³-hybridized carbons (Fsp3) is 0.286. The molecule has 6 nitrogen and oxygen atoms in total. The van der Waals surface area contributed by atoms with Crippen molar-refractivity contribution in [3.63, 3.8) is 0 Å². The molecule has 0 saturated heterocycles. The summed E-state index contributed by atoms with van der Waals surface area (Å²) >= 11 is 1.47. The average molecular weight is 306 g/mol. The highest BCUT2D eigenvalue weighted by molar-refractivity contribution is 7.15. The van der Waals surface area contributed by atoms with Crippen LogP contribution in [-0.2, 0) is 11.2 Å². The molecule has 1 aliphatic heterocycles. The van der Waals surface area contributed by atoms with Crippen LogP contribution in [0.2, 0.25) is 0 Å². The highest BCUT2D eigenvalue weighted by atomic mass is 32.1. The Labute approximate surface area is 125 Å². The lowest BCUT2D eigenvalue weighted by Gasteiger charge is -2.03. The van der Waals surface area contributed by atoms with Crippen molar-refractivity contribution in [2.75, 3.05) is 12.1 Å². The summed E-state index contributed by atoms with van der Waals surface area (Å²) in [5.41, 5.74) is 1.72. The molecule has 2 N–H and O–H groups in total. The smallest absolute Gasteiger partial charge is 0.303 e. The lowest BCUT2D eigenvalue weighted by molar-refractivity contribution is -0.136. The molecule has 0 unspecified atom stereocenters. The van der Waals surface area contributed by atoms with E-state index in [1.165, 1.54) is 11.3 Å². The summed E-state index contributed by atoms with van der Waals surface area (Å²) < 4.78 is 10.6. The zero-order valence-corrected chi connectivity index (χ0v) is 12.2. The maximum absolute atomic E-state index is 10.6. The second-order valence-electron chi connectivity index (χ2n) is 4.61. The van der Waals surface area contributed by atoms with Crippen LogP contribution in [0.5, 0.6) is 11.5 Å². The van der Waals surface area contributed by atoms with Crippen molar-refractivity contribution in [2.24, 2.45) is 0 Å². The van der Waals surface area contributed by atoms with Gasteiger partial charge in [-0.2, -0.15) is 0 Å². The van der Waals surface area contributed by atoms with Crippen molar-refractivity contribution in [3.8, 4) is 11.5 Å². The Morgan fingerprint density at radius 2 is 2.24 bits per heavy atom. The van der Waals surface area contributed by atoms with Gasteiger partial charge >= 0.3 is 5.97 Å². The van der Waals surface area contributed by atoms with Gasteiger partial charge in [-0.25, -0.2) is 4.98 Å². The summed E-state index contributed by atoms with van der Waals surface area (Å²) in [6.45, 7) is 2.13. The van der Waals surface area contributed by atoms with Crippen molar-refractivity contribution in [2.45, 2.75) is 19.8 Å². The minimum atomic E-state index is -0.798. The Balaban J connectivity index is 1.73. The summed E-state index contributed by atoms with van der Waals surface area (Å²) in [7, 11) is 0. The summed E-state index contributed by atoms with van der Waals surface area (Å²) in [6, 6.07) is 5.59. The molecule has 0 atom stereocenters. The first kappa shape index (κ1) is 13.7. The Hall–Kier alpha value is -2.28. The number of hydrogen-bond donors (Lipinski definition) is 2. The molecule has 0 aliphatic carbocycles. The standard InChI is InChI=1S/C14H14N2O4S/c1-8-12(4-5-13(17)18)21-14(15-8)16-9-2-3-10-11(6-9)20-7-19-10/h2-3,6H,4-5,7H2,1H3,(H,15,16)(H,17,18). The molecule has 2 aromatic rings. The van der Waals surface area contributed by atoms with Crippen LogP contribution in [0.4, 0.5) is 10.8 Å². The van der Waals surface area contributed by atoms with Gasteiger partial charge < -0.3 is 19.9 Å². The second-order valence-corrected chi connectivity index (χ2v) is 5.70. The van der Waals surface area contributed by atoms with Crippen LogP contribution in [0.15, 0.2) is 18.2 Å². The number of carboxylic acid groups (broad SMARTS) is 1. The van der Waals surface area contributed by atoms with Gasteiger partial charge in [0, 0.05) is 16.6 Å². The van der Waals surface area contributed by atoms with Gasteiger partial charge in [0.25, 0.3) is 0 Å². The van der Waals surface area contributed by atoms with Crippen LogP contribution >= 0.6 is 11.3 Å². The van der Waals surface area contributed by atoms with E-state index in [4.69, 9.17) is 14.6 Å². The van der Waals surface area contributed by atoms with Crippen LogP contribution in [0.25, 0.3) is 0 Å². The maximum atomic E-state index is 10.6. The largest absolute Gasteiger partial charge is 0.481 e. The molecule has 1 aromatic heterocycles. The zero-order chi connectivity index (χ0) is 14.8. The highest BCUT2D eigenvalue weighted by Gasteiger charge is 2.14. The third-order valence-electron chi connectivity index (χ3n) is 3.08. The van der Waals surface area contributed by atoms with Crippen molar-refractivity contribution < 1.29 is 19.4 Å². The van der Waals surface area contributed by atoms with Gasteiger partial charge in [-0.15, -0.1) is 11.3 Å². The topological polar surface area (TPSA) is 80.7 Å². The van der Waals surface area contributed by atoms with Gasteiger partial charge in [-0.05, 0) is 25.5 Å². The third kappa shape index (κ3) is 3.08. The molecule has 0 bridgehead atoms. The molecule has 0 saturated carbocycles. The van der Waals surface area contributed by atoms with E-state index >= 15 is 0 Å². The number of hydrogen-bond acceptors (Lipinski definition) is 6. The number of aromatic nitrogens is 1. The minimum absolute atomic E-state index is 0.118. The molecular weight excluding hydrogens is 292 g/mol. The molecule has 1 aromatic carbocycles. The van der Waals surface area contributed by atoms with E-state index in [9.17, 15) is 4.79 Å². The molecule has 0 amide bonds. The van der Waals surface area contributed by atoms with Gasteiger partial charge in [-0.1, -0.05) is 0 Å². The number of anilines is 2. The van der Waals surface area contributed by atoms with E-state index in [0.29, 0.717) is 12.2 Å². The number of nitrogens with zero attached hydrogens (tertiary/aromatic N) is 1. The number of nitrogens with one attached hydrogen (secondary N) is 1. The second kappa shape index (κ2) is 5.61. The van der Waals surface area contributed by atoms with Gasteiger partial charge in [0.1, 0.15) is 0 Å². The number of benzene rings is 1. The van der Waals surface area contributed by atoms with Gasteiger partial charge in [0.15, 0.2) is 16.6 Å². The third-order valence-corrected chi connectivity index (χ3v) is 4.22. The van der Waals surface area contributed by atoms with Crippen molar-refractivity contribution in [1.29, 1.82) is 0 Å². The van der Waals surface area contributed by atoms with Gasteiger partial charge in [0.2, 0.25) is 6.79 Å². The Bertz CT molecular complexity index is 684. The molecule has 0 spiro atoms. The van der Waals surface area contributed by atoms with Crippen LogP contribution in [0, 0.1) is 6.92 Å². The molecule has 110 valence electrons. The van der Waals surface area contributed by atoms with Gasteiger partial charge in [-0.3, -0.25) is 4.79 Å². The summed E-state index contributed by atoms with van der Waals surface area (Å²) in [6.07, 6.45) is 0.619. The Morgan fingerprint density at radius 1 is 1.43 bits per heavy atom. The lowest BCUT2D eigenvalue weighted by atomic mass is 10.2. The number of carboxylic acids is 1. The molecule has 0 fully saturated rings. The van der Waals surface area contributed by atoms with E-state index < -0.39 is 5.97 Å². The Kier molecular flexibility index (Phi) is 3.66. The number of aryl methyl sites for hydroxylation is 2. The van der Waals surface area contributed by atoms with Crippen LogP contribution in [-0.4, -0.2) is 22.9 Å². The van der Waals surface area contributed by atoms with Crippen LogP contribution in [0.3, 0.4) is 0 Å². The van der Waals surface area contributed by atoms with Crippen LogP contribution < -0.4 is 14.8 Å². The number of rotatable bonds is 5. The monoisotopic (exact) mass is 306 g/mol. The van der Waals surface area contributed by atoms with E-state index in [1.807, 2.05) is 25.1 Å². The predicted octanol–water partition coefficient (Wildman–Crippen LogP) is 2.94. The van der Waals surface area contributed by atoms with E-state index in [2.05, 4.69) is 10.3 Å². The summed E-state index contributed by atoms with van der Waals surface area (Å²) in [5.74, 6) is 0.644. The molecule has 21 heavy (non-hydrogen) atoms. The first-order valence-electron chi connectivity index (χ1n) is 6.46. The number of fused-ring (bicyclic) bond motifs is 1. The number of ether oxygens (including phenoxy) is 2. The van der Waals surface area contributed by atoms with E-state index in [0.717, 1.165) is 27.1 Å². The van der Waals surface area contributed by atoms with Crippen molar-refractivity contribution >= 4 is 28.1 Å². The quantitative estimate of drug-likeness (QED) is 0.884. The van der Waals surface area contributed by atoms with Crippen molar-refractivity contribution in [1.82, 2.24) is 4.98 Å². The summed E-state index contributed by atoms with van der Waals surface area (Å²) in [5, 5.41) is 12.7. The predicted molar refractivity (Wildman–Crippen MR) is 78.7 cm³/mol. The fourth-order valence-electron chi connectivity index (χ4n) is 2.03. The zero-order valence-electron chi connectivity index (χ0n) is 11.4. The van der Waals surface area contributed by atoms with E-state index in [-0.39, 0.29) is 13.2 Å². The average Bonchev–Trinajstić information content (AvgIpc) is 3.02. The molecule has 2 heterocycles. The molecule has 1 aliphatic rings. The Morgan fingerprint density at radius 3 is 3.05 bits per heavy atom. The normalized spacial score (nSPS) is 12.4. The highest BCUT2D eigenvalue weighted by Crippen LogP contribution is 2.36. The SMILES string of the molecule is Cc1nc(Nc2ccc3c(c2)OCO3)sc1CCC(=O)O.